The molecule has 13 heavy (non-hydrogen) atoms. The Labute approximate surface area is 78.0 Å². The molecule has 1 heterocycles. The van der Waals surface area contributed by atoms with E-state index in [4.69, 9.17) is 0 Å². The SMILES string of the molecule is CNCCNc1ncc(C)cc1O. The molecular formula is C9H15N3O. The van der Waals surface area contributed by atoms with Gasteiger partial charge in [0.05, 0.1) is 0 Å². The Morgan fingerprint density at radius 3 is 2.85 bits per heavy atom. The maximum Gasteiger partial charge on any atom is 0.168 e. The van der Waals surface area contributed by atoms with Crippen LogP contribution >= 0.6 is 0 Å². The molecule has 0 aliphatic heterocycles. The standard InChI is InChI=1S/C9H15N3O/c1-7-5-8(13)9(12-6-7)11-4-3-10-2/h5-6,10,13H,3-4H2,1-2H3,(H,11,12). The lowest BCUT2D eigenvalue weighted by Gasteiger charge is -2.06. The average Bonchev–Trinajstić information content (AvgIpc) is 2.09. The number of hydrogen-bond acceptors (Lipinski definition) is 4. The summed E-state index contributed by atoms with van der Waals surface area (Å²) in [7, 11) is 1.88. The first kappa shape index (κ1) is 9.80. The molecule has 1 rings (SSSR count). The van der Waals surface area contributed by atoms with Crippen LogP contribution in [0, 0.1) is 6.92 Å². The summed E-state index contributed by atoms with van der Waals surface area (Å²) in [5.41, 5.74) is 0.955. The van der Waals surface area contributed by atoms with Crippen LogP contribution in [0.15, 0.2) is 12.3 Å². The molecule has 0 unspecified atom stereocenters. The number of aryl methyl sites for hydroxylation is 1. The number of aromatic nitrogens is 1. The van der Waals surface area contributed by atoms with Crippen LogP contribution in [0.5, 0.6) is 5.75 Å². The summed E-state index contributed by atoms with van der Waals surface area (Å²) in [6, 6.07) is 1.69. The van der Waals surface area contributed by atoms with Crippen molar-refractivity contribution in [3.05, 3.63) is 17.8 Å². The molecule has 0 amide bonds. The van der Waals surface area contributed by atoms with Gasteiger partial charge >= 0.3 is 0 Å². The van der Waals surface area contributed by atoms with Crippen molar-refractivity contribution in [2.45, 2.75) is 6.92 Å². The number of nitrogens with one attached hydrogen (secondary N) is 2. The molecule has 3 N–H and O–H groups in total. The Bertz CT molecular complexity index is 276. The molecule has 0 fully saturated rings. The van der Waals surface area contributed by atoms with Crippen LogP contribution in [0.4, 0.5) is 5.82 Å². The van der Waals surface area contributed by atoms with Gasteiger partial charge in [-0.3, -0.25) is 0 Å². The summed E-state index contributed by atoms with van der Waals surface area (Å²) < 4.78 is 0. The monoisotopic (exact) mass is 181 g/mol. The van der Waals surface area contributed by atoms with Gasteiger partial charge in [-0.15, -0.1) is 0 Å². The molecule has 0 spiro atoms. The fraction of sp³-hybridized carbons (Fsp3) is 0.444. The molecular weight excluding hydrogens is 166 g/mol. The highest BCUT2D eigenvalue weighted by Gasteiger charge is 2.00. The molecule has 1 aromatic rings. The highest BCUT2D eigenvalue weighted by atomic mass is 16.3. The molecule has 0 bridgehead atoms. The molecule has 0 saturated heterocycles. The van der Waals surface area contributed by atoms with Crippen molar-refractivity contribution >= 4 is 5.82 Å². The van der Waals surface area contributed by atoms with Gasteiger partial charge < -0.3 is 15.7 Å². The molecule has 0 aliphatic rings. The van der Waals surface area contributed by atoms with E-state index in [0.717, 1.165) is 18.7 Å². The van der Waals surface area contributed by atoms with Gasteiger partial charge in [-0.1, -0.05) is 0 Å². The van der Waals surface area contributed by atoms with Crippen molar-refractivity contribution in [1.29, 1.82) is 0 Å². The van der Waals surface area contributed by atoms with Gasteiger partial charge in [0.25, 0.3) is 0 Å². The molecule has 0 atom stereocenters. The van der Waals surface area contributed by atoms with E-state index >= 15 is 0 Å². The molecule has 72 valence electrons. The largest absolute Gasteiger partial charge is 0.504 e. The molecule has 0 radical (unpaired) electrons. The van der Waals surface area contributed by atoms with Crippen LogP contribution in [0.1, 0.15) is 5.56 Å². The minimum atomic E-state index is 0.205. The minimum absolute atomic E-state index is 0.205. The number of aromatic hydroxyl groups is 1. The average molecular weight is 181 g/mol. The summed E-state index contributed by atoms with van der Waals surface area (Å²) in [6.07, 6.45) is 1.72. The molecule has 4 nitrogen and oxygen atoms in total. The fourth-order valence-electron chi connectivity index (χ4n) is 0.996. The van der Waals surface area contributed by atoms with E-state index in [0.29, 0.717) is 5.82 Å². The zero-order valence-corrected chi connectivity index (χ0v) is 7.96. The van der Waals surface area contributed by atoms with E-state index in [1.165, 1.54) is 0 Å². The second-order valence-corrected chi connectivity index (χ2v) is 2.91. The van der Waals surface area contributed by atoms with Crippen molar-refractivity contribution in [3.8, 4) is 5.75 Å². The van der Waals surface area contributed by atoms with E-state index in [2.05, 4.69) is 15.6 Å². The third-order valence-electron chi connectivity index (χ3n) is 1.67. The van der Waals surface area contributed by atoms with Gasteiger partial charge in [0.1, 0.15) is 0 Å². The van der Waals surface area contributed by atoms with E-state index in [-0.39, 0.29) is 5.75 Å². The van der Waals surface area contributed by atoms with Crippen molar-refractivity contribution in [1.82, 2.24) is 10.3 Å². The number of pyridine rings is 1. The normalized spacial score (nSPS) is 10.0. The summed E-state index contributed by atoms with van der Waals surface area (Å²) in [4.78, 5) is 4.06. The molecule has 0 saturated carbocycles. The zero-order chi connectivity index (χ0) is 9.68. The van der Waals surface area contributed by atoms with Crippen molar-refractivity contribution in [2.24, 2.45) is 0 Å². The lowest BCUT2D eigenvalue weighted by atomic mass is 10.3. The maximum atomic E-state index is 9.45. The first-order chi connectivity index (χ1) is 6.24. The van der Waals surface area contributed by atoms with Crippen LogP contribution in [0.3, 0.4) is 0 Å². The molecule has 0 aliphatic carbocycles. The van der Waals surface area contributed by atoms with E-state index in [1.54, 1.807) is 12.3 Å². The highest BCUT2D eigenvalue weighted by molar-refractivity contribution is 5.49. The van der Waals surface area contributed by atoms with E-state index < -0.39 is 0 Å². The third-order valence-corrected chi connectivity index (χ3v) is 1.67. The van der Waals surface area contributed by atoms with Gasteiger partial charge in [-0.25, -0.2) is 4.98 Å². The van der Waals surface area contributed by atoms with Crippen LogP contribution in [0.25, 0.3) is 0 Å². The number of anilines is 1. The highest BCUT2D eigenvalue weighted by Crippen LogP contribution is 2.19. The Balaban J connectivity index is 2.56. The molecule has 0 aromatic carbocycles. The Morgan fingerprint density at radius 1 is 1.46 bits per heavy atom. The Morgan fingerprint density at radius 2 is 2.23 bits per heavy atom. The van der Waals surface area contributed by atoms with Crippen LogP contribution in [0.2, 0.25) is 0 Å². The number of hydrogen-bond donors (Lipinski definition) is 3. The summed E-state index contributed by atoms with van der Waals surface area (Å²) in [6.45, 7) is 3.49. The Hall–Kier alpha value is -1.29. The number of nitrogens with zero attached hydrogens (tertiary/aromatic N) is 1. The quantitative estimate of drug-likeness (QED) is 0.599. The molecule has 1 aromatic heterocycles. The van der Waals surface area contributed by atoms with Gasteiger partial charge in [0.2, 0.25) is 0 Å². The summed E-state index contributed by atoms with van der Waals surface area (Å²) >= 11 is 0. The number of likely N-dealkylation sites (N-methyl/N-ethyl adjacent to an activating group) is 1. The predicted octanol–water partition coefficient (Wildman–Crippen LogP) is 0.727. The third kappa shape index (κ3) is 2.91. The van der Waals surface area contributed by atoms with Crippen molar-refractivity contribution < 1.29 is 5.11 Å². The topological polar surface area (TPSA) is 57.2 Å². The smallest absolute Gasteiger partial charge is 0.168 e. The van der Waals surface area contributed by atoms with Gasteiger partial charge in [-0.2, -0.15) is 0 Å². The maximum absolute atomic E-state index is 9.45. The Kier molecular flexibility index (Phi) is 3.52. The lowest BCUT2D eigenvalue weighted by Crippen LogP contribution is -2.18. The first-order valence-corrected chi connectivity index (χ1v) is 4.28. The minimum Gasteiger partial charge on any atom is -0.504 e. The predicted molar refractivity (Wildman–Crippen MR) is 53.1 cm³/mol. The zero-order valence-electron chi connectivity index (χ0n) is 7.96. The summed E-state index contributed by atoms with van der Waals surface area (Å²) in [5, 5.41) is 15.5. The first-order valence-electron chi connectivity index (χ1n) is 4.28. The second kappa shape index (κ2) is 4.67. The second-order valence-electron chi connectivity index (χ2n) is 2.91. The van der Waals surface area contributed by atoms with E-state index in [9.17, 15) is 5.11 Å². The van der Waals surface area contributed by atoms with Crippen LogP contribution in [-0.4, -0.2) is 30.2 Å². The van der Waals surface area contributed by atoms with Crippen LogP contribution < -0.4 is 10.6 Å². The van der Waals surface area contributed by atoms with Crippen LogP contribution in [-0.2, 0) is 0 Å². The fourth-order valence-corrected chi connectivity index (χ4v) is 0.996. The van der Waals surface area contributed by atoms with Crippen molar-refractivity contribution in [3.63, 3.8) is 0 Å². The number of rotatable bonds is 4. The van der Waals surface area contributed by atoms with E-state index in [1.807, 2.05) is 14.0 Å². The van der Waals surface area contributed by atoms with Gasteiger partial charge in [0.15, 0.2) is 11.6 Å². The van der Waals surface area contributed by atoms with Gasteiger partial charge in [-0.05, 0) is 25.6 Å². The van der Waals surface area contributed by atoms with Gasteiger partial charge in [0, 0.05) is 19.3 Å². The summed E-state index contributed by atoms with van der Waals surface area (Å²) in [5.74, 6) is 0.747. The van der Waals surface area contributed by atoms with Crippen molar-refractivity contribution in [2.75, 3.05) is 25.5 Å². The molecule has 4 heteroatoms. The lowest BCUT2D eigenvalue weighted by molar-refractivity contribution is 0.474.